The van der Waals surface area contributed by atoms with E-state index in [1.807, 2.05) is 13.8 Å². The summed E-state index contributed by atoms with van der Waals surface area (Å²) in [6, 6.07) is 1.77. The van der Waals surface area contributed by atoms with Gasteiger partial charge in [-0.2, -0.15) is 0 Å². The molecule has 0 aliphatic heterocycles. The first kappa shape index (κ1) is 12.6. The van der Waals surface area contributed by atoms with Gasteiger partial charge in [0.25, 0.3) is 0 Å². The highest BCUT2D eigenvalue weighted by Crippen LogP contribution is 2.04. The molecule has 1 amide bonds. The first-order valence-electron chi connectivity index (χ1n) is 5.31. The average Bonchev–Trinajstić information content (AvgIpc) is 2.26. The van der Waals surface area contributed by atoms with E-state index in [0.717, 1.165) is 5.69 Å². The van der Waals surface area contributed by atoms with Crippen LogP contribution < -0.4 is 11.1 Å². The number of aryl methyl sites for hydroxylation is 1. The standard InChI is InChI=1S/C11H18N4O/c1-4-11(3,12)10(16)14-7-9-5-6-13-8(2)15-9/h5-6H,4,7,12H2,1-3H3,(H,14,16). The summed E-state index contributed by atoms with van der Waals surface area (Å²) in [5.74, 6) is 0.531. The van der Waals surface area contributed by atoms with Crippen molar-refractivity contribution in [1.82, 2.24) is 15.3 Å². The van der Waals surface area contributed by atoms with Crippen LogP contribution in [0, 0.1) is 6.92 Å². The Morgan fingerprint density at radius 1 is 1.62 bits per heavy atom. The molecule has 1 rings (SSSR count). The maximum absolute atomic E-state index is 11.7. The van der Waals surface area contributed by atoms with Gasteiger partial charge in [-0.3, -0.25) is 4.79 Å². The molecule has 1 aromatic rings. The predicted octanol–water partition coefficient (Wildman–Crippen LogP) is 0.529. The van der Waals surface area contributed by atoms with Crippen LogP contribution in [0.1, 0.15) is 31.8 Å². The minimum Gasteiger partial charge on any atom is -0.349 e. The molecule has 0 radical (unpaired) electrons. The normalized spacial score (nSPS) is 14.2. The van der Waals surface area contributed by atoms with E-state index in [0.29, 0.717) is 18.8 Å². The predicted molar refractivity (Wildman–Crippen MR) is 61.5 cm³/mol. The lowest BCUT2D eigenvalue weighted by Gasteiger charge is -2.21. The van der Waals surface area contributed by atoms with Crippen molar-refractivity contribution in [2.75, 3.05) is 0 Å². The molecule has 5 heteroatoms. The molecule has 16 heavy (non-hydrogen) atoms. The van der Waals surface area contributed by atoms with Gasteiger partial charge in [-0.25, -0.2) is 9.97 Å². The summed E-state index contributed by atoms with van der Waals surface area (Å²) in [5, 5.41) is 2.76. The molecule has 5 nitrogen and oxygen atoms in total. The number of amides is 1. The Morgan fingerprint density at radius 3 is 2.88 bits per heavy atom. The molecular weight excluding hydrogens is 204 g/mol. The zero-order chi connectivity index (χ0) is 12.2. The topological polar surface area (TPSA) is 80.9 Å². The molecule has 1 aromatic heterocycles. The van der Waals surface area contributed by atoms with Gasteiger partial charge in [-0.1, -0.05) is 6.92 Å². The van der Waals surface area contributed by atoms with Crippen molar-refractivity contribution in [3.8, 4) is 0 Å². The fourth-order valence-corrected chi connectivity index (χ4v) is 1.14. The first-order valence-corrected chi connectivity index (χ1v) is 5.31. The van der Waals surface area contributed by atoms with Gasteiger partial charge in [0.05, 0.1) is 17.8 Å². The largest absolute Gasteiger partial charge is 0.349 e. The maximum Gasteiger partial charge on any atom is 0.240 e. The van der Waals surface area contributed by atoms with Crippen LogP contribution in [0.25, 0.3) is 0 Å². The molecule has 0 saturated carbocycles. The fraction of sp³-hybridized carbons (Fsp3) is 0.545. The van der Waals surface area contributed by atoms with Crippen LogP contribution in [-0.2, 0) is 11.3 Å². The van der Waals surface area contributed by atoms with Gasteiger partial charge in [-0.05, 0) is 26.3 Å². The lowest BCUT2D eigenvalue weighted by atomic mass is 10.00. The maximum atomic E-state index is 11.7. The molecule has 0 aliphatic carbocycles. The summed E-state index contributed by atoms with van der Waals surface area (Å²) in [7, 11) is 0. The van der Waals surface area contributed by atoms with Gasteiger partial charge < -0.3 is 11.1 Å². The quantitative estimate of drug-likeness (QED) is 0.778. The summed E-state index contributed by atoms with van der Waals surface area (Å²) in [6.45, 7) is 5.79. The van der Waals surface area contributed by atoms with Crippen LogP contribution in [0.3, 0.4) is 0 Å². The van der Waals surface area contributed by atoms with E-state index in [4.69, 9.17) is 5.73 Å². The zero-order valence-corrected chi connectivity index (χ0v) is 9.95. The van der Waals surface area contributed by atoms with E-state index < -0.39 is 5.54 Å². The molecule has 0 aromatic carbocycles. The van der Waals surface area contributed by atoms with Crippen LogP contribution in [0.4, 0.5) is 0 Å². The highest BCUT2D eigenvalue weighted by atomic mass is 16.2. The van der Waals surface area contributed by atoms with Crippen molar-refractivity contribution < 1.29 is 4.79 Å². The van der Waals surface area contributed by atoms with Crippen molar-refractivity contribution in [2.45, 2.75) is 39.3 Å². The van der Waals surface area contributed by atoms with E-state index in [9.17, 15) is 4.79 Å². The second kappa shape index (κ2) is 5.03. The van der Waals surface area contributed by atoms with Gasteiger partial charge in [-0.15, -0.1) is 0 Å². The minimum absolute atomic E-state index is 0.161. The second-order valence-corrected chi connectivity index (χ2v) is 4.05. The monoisotopic (exact) mass is 222 g/mol. The second-order valence-electron chi connectivity index (χ2n) is 4.05. The van der Waals surface area contributed by atoms with E-state index in [-0.39, 0.29) is 5.91 Å². The van der Waals surface area contributed by atoms with Gasteiger partial charge >= 0.3 is 0 Å². The number of nitrogens with one attached hydrogen (secondary N) is 1. The van der Waals surface area contributed by atoms with E-state index in [1.165, 1.54) is 0 Å². The van der Waals surface area contributed by atoms with Crippen LogP contribution in [0.5, 0.6) is 0 Å². The molecule has 0 saturated heterocycles. The smallest absolute Gasteiger partial charge is 0.240 e. The fourth-order valence-electron chi connectivity index (χ4n) is 1.14. The van der Waals surface area contributed by atoms with E-state index in [1.54, 1.807) is 19.2 Å². The Morgan fingerprint density at radius 2 is 2.31 bits per heavy atom. The molecule has 3 N–H and O–H groups in total. The number of rotatable bonds is 4. The van der Waals surface area contributed by atoms with Gasteiger partial charge in [0.1, 0.15) is 5.82 Å². The molecule has 1 unspecified atom stereocenters. The third-order valence-electron chi connectivity index (χ3n) is 2.52. The molecule has 1 heterocycles. The van der Waals surface area contributed by atoms with Gasteiger partial charge in [0, 0.05) is 6.20 Å². The Balaban J connectivity index is 2.56. The van der Waals surface area contributed by atoms with Crippen molar-refractivity contribution in [3.05, 3.63) is 23.8 Å². The van der Waals surface area contributed by atoms with Crippen molar-refractivity contribution >= 4 is 5.91 Å². The van der Waals surface area contributed by atoms with E-state index in [2.05, 4.69) is 15.3 Å². The molecular formula is C11H18N4O. The number of hydrogen-bond acceptors (Lipinski definition) is 4. The summed E-state index contributed by atoms with van der Waals surface area (Å²) < 4.78 is 0. The van der Waals surface area contributed by atoms with Crippen molar-refractivity contribution in [2.24, 2.45) is 5.73 Å². The van der Waals surface area contributed by atoms with Crippen LogP contribution in [-0.4, -0.2) is 21.4 Å². The van der Waals surface area contributed by atoms with Crippen molar-refractivity contribution in [1.29, 1.82) is 0 Å². The molecule has 0 fully saturated rings. The zero-order valence-electron chi connectivity index (χ0n) is 9.95. The average molecular weight is 222 g/mol. The number of hydrogen-bond donors (Lipinski definition) is 2. The number of carbonyl (C=O) groups is 1. The number of carbonyl (C=O) groups excluding carboxylic acids is 1. The Kier molecular flexibility index (Phi) is 3.95. The number of nitrogens with zero attached hydrogens (tertiary/aromatic N) is 2. The summed E-state index contributed by atoms with van der Waals surface area (Å²) in [5.41, 5.74) is 5.78. The highest BCUT2D eigenvalue weighted by molar-refractivity contribution is 5.85. The number of aromatic nitrogens is 2. The third kappa shape index (κ3) is 3.27. The Bertz CT molecular complexity index is 376. The molecule has 0 spiro atoms. The highest BCUT2D eigenvalue weighted by Gasteiger charge is 2.25. The minimum atomic E-state index is -0.817. The van der Waals surface area contributed by atoms with Crippen LogP contribution >= 0.6 is 0 Å². The molecule has 88 valence electrons. The Hall–Kier alpha value is -1.49. The van der Waals surface area contributed by atoms with Gasteiger partial charge in [0.15, 0.2) is 0 Å². The lowest BCUT2D eigenvalue weighted by Crippen LogP contribution is -2.50. The van der Waals surface area contributed by atoms with Crippen LogP contribution in [0.15, 0.2) is 12.3 Å². The molecule has 0 bridgehead atoms. The van der Waals surface area contributed by atoms with Gasteiger partial charge in [0.2, 0.25) is 5.91 Å². The Labute approximate surface area is 95.5 Å². The SMILES string of the molecule is CCC(C)(N)C(=O)NCc1ccnc(C)n1. The lowest BCUT2D eigenvalue weighted by molar-refractivity contribution is -0.126. The third-order valence-corrected chi connectivity index (χ3v) is 2.52. The number of nitrogens with two attached hydrogens (primary N) is 1. The summed E-state index contributed by atoms with van der Waals surface area (Å²) >= 11 is 0. The summed E-state index contributed by atoms with van der Waals surface area (Å²) in [4.78, 5) is 19.8. The van der Waals surface area contributed by atoms with E-state index >= 15 is 0 Å². The summed E-state index contributed by atoms with van der Waals surface area (Å²) in [6.07, 6.45) is 2.27. The van der Waals surface area contributed by atoms with Crippen LogP contribution in [0.2, 0.25) is 0 Å². The molecule has 0 aliphatic rings. The van der Waals surface area contributed by atoms with Crippen molar-refractivity contribution in [3.63, 3.8) is 0 Å². The first-order chi connectivity index (χ1) is 7.45. The molecule has 1 atom stereocenters.